The highest BCUT2D eigenvalue weighted by atomic mass is 14.9. The monoisotopic (exact) mass is 1860 g/mol. The summed E-state index contributed by atoms with van der Waals surface area (Å²) in [5, 5.41) is 12.2. The molecule has 0 fully saturated rings. The molecular weight excluding hydrogens is 1780 g/mol. The average molecular weight is 1870 g/mol. The van der Waals surface area contributed by atoms with Crippen LogP contribution in [0, 0.1) is 0 Å². The second-order valence-corrected chi connectivity index (χ2v) is 35.9. The minimum absolute atomic E-state index is 0.708. The van der Waals surface area contributed by atoms with Crippen molar-refractivity contribution in [3.8, 4) is 180 Å². The molecule has 0 N–H and O–H groups in total. The number of nitrogens with zero attached hydrogens (tertiary/aromatic N) is 13. The van der Waals surface area contributed by atoms with Crippen LogP contribution >= 0.6 is 0 Å². The van der Waals surface area contributed by atoms with Gasteiger partial charge in [-0.05, 0) is 194 Å². The van der Waals surface area contributed by atoms with Gasteiger partial charge in [-0.3, -0.25) is 24.9 Å². The summed E-state index contributed by atoms with van der Waals surface area (Å²) in [6, 6.07) is 168. The van der Waals surface area contributed by atoms with Gasteiger partial charge in [0.15, 0.2) is 5.82 Å². The van der Waals surface area contributed by atoms with E-state index in [1.165, 1.54) is 33.0 Å². The quantitative estimate of drug-likeness (QED) is 0.0839. The highest BCUT2D eigenvalue weighted by Gasteiger charge is 2.24. The van der Waals surface area contributed by atoms with Crippen molar-refractivity contribution in [3.63, 3.8) is 0 Å². The average Bonchev–Trinajstić information content (AvgIpc) is 0.746. The van der Waals surface area contributed by atoms with Crippen molar-refractivity contribution >= 4 is 86.8 Å². The first-order valence-electron chi connectivity index (χ1n) is 48.7. The zero-order valence-electron chi connectivity index (χ0n) is 78.9. The molecule has 0 unspecified atom stereocenters. The van der Waals surface area contributed by atoms with Crippen LogP contribution in [0.1, 0.15) is 0 Å². The first-order valence-corrected chi connectivity index (χ1v) is 48.7. The predicted octanol–water partition coefficient (Wildman–Crippen LogP) is 33.1. The number of rotatable bonds is 16. The summed E-state index contributed by atoms with van der Waals surface area (Å²) in [6.45, 7) is 0. The predicted molar refractivity (Wildman–Crippen MR) is 598 cm³/mol. The van der Waals surface area contributed by atoms with Crippen molar-refractivity contribution in [1.29, 1.82) is 0 Å². The summed E-state index contributed by atoms with van der Waals surface area (Å²) in [6.07, 6.45) is 9.07. The van der Waals surface area contributed by atoms with Crippen LogP contribution in [0.3, 0.4) is 0 Å². The topological polar surface area (TPSA) is 168 Å². The van der Waals surface area contributed by atoms with Crippen molar-refractivity contribution in [2.45, 2.75) is 0 Å². The van der Waals surface area contributed by atoms with Crippen LogP contribution in [0.5, 0.6) is 0 Å². The van der Waals surface area contributed by atoms with Gasteiger partial charge in [0.1, 0.15) is 0 Å². The van der Waals surface area contributed by atoms with Gasteiger partial charge in [0.2, 0.25) is 0 Å². The molecule has 0 bridgehead atoms. The van der Waals surface area contributed by atoms with Crippen molar-refractivity contribution < 1.29 is 0 Å². The van der Waals surface area contributed by atoms with E-state index in [1.807, 2.05) is 164 Å². The van der Waals surface area contributed by atoms with Crippen LogP contribution < -0.4 is 0 Å². The summed E-state index contributed by atoms with van der Waals surface area (Å²) in [5.41, 5.74) is 35.5. The molecule has 0 saturated heterocycles. The number of pyridine rings is 11. The molecule has 0 saturated carbocycles. The fourth-order valence-electron chi connectivity index (χ4n) is 19.8. The highest BCUT2D eigenvalue weighted by molar-refractivity contribution is 6.21. The minimum atomic E-state index is 0.708. The van der Waals surface area contributed by atoms with Gasteiger partial charge in [-0.25, -0.2) is 39.9 Å². The molecule has 0 atom stereocenters. The van der Waals surface area contributed by atoms with Crippen molar-refractivity contribution in [1.82, 2.24) is 64.8 Å². The molecule has 0 spiro atoms. The minimum Gasteiger partial charge on any atom is -0.255 e. The largest absolute Gasteiger partial charge is 0.255 e. The van der Waals surface area contributed by atoms with E-state index in [0.717, 1.165) is 228 Å². The summed E-state index contributed by atoms with van der Waals surface area (Å²) in [5.74, 6) is 0.708. The Morgan fingerprint density at radius 3 is 0.781 bits per heavy atom. The maximum absolute atomic E-state index is 5.25. The van der Waals surface area contributed by atoms with Crippen molar-refractivity contribution in [2.75, 3.05) is 0 Å². The van der Waals surface area contributed by atoms with Crippen molar-refractivity contribution in [3.05, 3.63) is 516 Å². The van der Waals surface area contributed by atoms with Crippen LogP contribution in [0.15, 0.2) is 516 Å². The lowest BCUT2D eigenvalue weighted by Crippen LogP contribution is -1.96. The van der Waals surface area contributed by atoms with E-state index >= 15 is 0 Å². The Bertz CT molecular complexity index is 9040. The Morgan fingerprint density at radius 1 is 0.130 bits per heavy atom. The first-order chi connectivity index (χ1) is 72.4. The van der Waals surface area contributed by atoms with Crippen LogP contribution in [-0.2, 0) is 0 Å². The van der Waals surface area contributed by atoms with Gasteiger partial charge in [0.25, 0.3) is 0 Å². The van der Waals surface area contributed by atoms with E-state index in [1.54, 1.807) is 12.4 Å². The fourth-order valence-corrected chi connectivity index (χ4v) is 19.8. The molecule has 13 heteroatoms. The van der Waals surface area contributed by atoms with E-state index < -0.39 is 0 Å². The molecule has 27 rings (SSSR count). The zero-order chi connectivity index (χ0) is 97.0. The van der Waals surface area contributed by atoms with Gasteiger partial charge >= 0.3 is 0 Å². The van der Waals surface area contributed by atoms with Gasteiger partial charge < -0.3 is 0 Å². The molecule has 0 radical (unpaired) electrons. The molecule has 0 aliphatic carbocycles. The number of fused-ring (bicyclic) bond motifs is 12. The Hall–Kier alpha value is -19.9. The van der Waals surface area contributed by atoms with Gasteiger partial charge in [-0.1, -0.05) is 358 Å². The van der Waals surface area contributed by atoms with Gasteiger partial charge in [0, 0.05) is 118 Å². The first kappa shape index (κ1) is 87.6. The van der Waals surface area contributed by atoms with Crippen LogP contribution in [-0.4, -0.2) is 64.8 Å². The number of aromatic nitrogens is 13. The normalized spacial score (nSPS) is 11.3. The van der Waals surface area contributed by atoms with Gasteiger partial charge in [0.05, 0.1) is 107 Å². The van der Waals surface area contributed by atoms with E-state index in [0.29, 0.717) is 5.82 Å². The lowest BCUT2D eigenvalue weighted by atomic mass is 9.92. The molecule has 0 aliphatic heterocycles. The fraction of sp³-hybridized carbons (Fsp3) is 0. The maximum atomic E-state index is 5.25. The van der Waals surface area contributed by atoms with Crippen LogP contribution in [0.4, 0.5) is 0 Å². The summed E-state index contributed by atoms with van der Waals surface area (Å²) < 4.78 is 0. The molecule has 0 amide bonds. The molecule has 13 nitrogen and oxygen atoms in total. The maximum Gasteiger partial charge on any atom is 0.160 e. The van der Waals surface area contributed by atoms with Crippen LogP contribution in [0.2, 0.25) is 0 Å². The third-order valence-corrected chi connectivity index (χ3v) is 26.9. The molecule has 15 aromatic carbocycles. The summed E-state index contributed by atoms with van der Waals surface area (Å²) in [4.78, 5) is 64.0. The van der Waals surface area contributed by atoms with Crippen molar-refractivity contribution in [2.24, 2.45) is 0 Å². The Balaban J connectivity index is 0.000000114. The van der Waals surface area contributed by atoms with Crippen LogP contribution in [0.25, 0.3) is 267 Å². The SMILES string of the molecule is c1ccc(-c2cc(-c3ccc(-c4ccc5nc(-c6ccccn6)c6cccc(-c7ccccc7)c6c5c4)cc3)nc(-c3ccccc3)n2)cc1.c1ccc(-c2ccc3ccc4ccc(-c5ccc6nc(-c7ccccn7)c7cccc(-c8ccccc8)c7c6c5)nc4c3n2)cc1.c1ccc(-c2cccc3c(-c4ccccn4)nc4ccc(-c5ccc(-c6cc(-c7ccccn7)nc(-c7ccccn7)c6)cc5)cc4c23)cc1. The zero-order valence-corrected chi connectivity index (χ0v) is 78.9. The number of benzene rings is 15. The van der Waals surface area contributed by atoms with Gasteiger partial charge in [-0.2, -0.15) is 0 Å². The third-order valence-electron chi connectivity index (χ3n) is 26.9. The van der Waals surface area contributed by atoms with E-state index in [9.17, 15) is 0 Å². The van der Waals surface area contributed by atoms with Gasteiger partial charge in [-0.15, -0.1) is 0 Å². The van der Waals surface area contributed by atoms with E-state index in [-0.39, 0.29) is 0 Å². The van der Waals surface area contributed by atoms with E-state index in [4.69, 9.17) is 39.9 Å². The Kier molecular flexibility index (Phi) is 23.4. The molecule has 146 heavy (non-hydrogen) atoms. The molecule has 12 heterocycles. The third kappa shape index (κ3) is 17.5. The highest BCUT2D eigenvalue weighted by Crippen LogP contribution is 2.46. The van der Waals surface area contributed by atoms with E-state index in [2.05, 4.69) is 365 Å². The molecule has 27 aromatic rings. The molecule has 0 aliphatic rings. The summed E-state index contributed by atoms with van der Waals surface area (Å²) >= 11 is 0. The molecular formula is C133H85N13. The Labute approximate surface area is 842 Å². The smallest absolute Gasteiger partial charge is 0.160 e. The molecule has 12 aromatic heterocycles. The standard InChI is InChI=1S/C46H30N4.C45H29N5.C42H26N4/c1-4-13-32(14-5-1)37-19-12-20-38-44(37)39-29-36(26-27-40(39)48-45(38)41-21-10-11-28-47-41)31-22-24-34(25-23-31)43-30-42(33-15-6-2-7-16-33)49-46(50-43)35-17-8-3-9-18-35;1-2-11-32(12-3-1)35-13-10-14-36-44(35)37-27-33(22-23-38(37)50-45(36)41-17-6-9-26-48-41)30-18-20-31(21-19-30)34-28-42(39-15-4-7-24-46-39)49-43(29-34)40-16-5-8-25-47-40;1-3-10-27(11-4-1)32-14-9-15-33-39(32)34-26-31(21-24-37(34)46-42(33)38-16-7-8-25-43-38)36-23-20-30-18-17-29-19-22-35(28-12-5-2-6-13-28)44-40(29)41(30)45-36/h1-30H;1-29H;1-26H. The number of hydrogen-bond donors (Lipinski definition) is 0. The summed E-state index contributed by atoms with van der Waals surface area (Å²) in [7, 11) is 0. The Morgan fingerprint density at radius 2 is 0.418 bits per heavy atom. The molecule has 682 valence electrons. The second-order valence-electron chi connectivity index (χ2n) is 35.9. The second kappa shape index (κ2) is 39.1. The lowest BCUT2D eigenvalue weighted by Gasteiger charge is -2.15. The lowest BCUT2D eigenvalue weighted by molar-refractivity contribution is 1.18. The number of hydrogen-bond acceptors (Lipinski definition) is 13.